The Morgan fingerprint density at radius 3 is 2.73 bits per heavy atom. The summed E-state index contributed by atoms with van der Waals surface area (Å²) < 4.78 is 0.528. The Labute approximate surface area is 97.8 Å². The molecule has 2 nitrogen and oxygen atoms in total. The summed E-state index contributed by atoms with van der Waals surface area (Å²) in [5.41, 5.74) is 2.20. The third-order valence-corrected chi connectivity index (χ3v) is 3.28. The van der Waals surface area contributed by atoms with E-state index in [-0.39, 0.29) is 5.91 Å². The van der Waals surface area contributed by atoms with Crippen LogP contribution in [0.25, 0.3) is 6.08 Å². The van der Waals surface area contributed by atoms with E-state index < -0.39 is 0 Å². The van der Waals surface area contributed by atoms with Crippen LogP contribution in [-0.4, -0.2) is 10.2 Å². The van der Waals surface area contributed by atoms with Crippen LogP contribution in [0, 0.1) is 6.92 Å². The molecule has 1 aromatic carbocycles. The summed E-state index contributed by atoms with van der Waals surface area (Å²) in [6.07, 6.45) is 1.87. The van der Waals surface area contributed by atoms with Gasteiger partial charge in [0.15, 0.2) is 0 Å². The first kappa shape index (κ1) is 10.4. The summed E-state index contributed by atoms with van der Waals surface area (Å²) in [6, 6.07) is 7.93. The zero-order chi connectivity index (χ0) is 10.8. The zero-order valence-electron chi connectivity index (χ0n) is 8.11. The molecule has 0 spiro atoms. The van der Waals surface area contributed by atoms with Crippen molar-refractivity contribution in [1.29, 1.82) is 0 Å². The number of nitrogens with one attached hydrogen (secondary N) is 1. The van der Waals surface area contributed by atoms with Gasteiger partial charge in [-0.25, -0.2) is 0 Å². The zero-order valence-corrected chi connectivity index (χ0v) is 9.74. The highest BCUT2D eigenvalue weighted by Gasteiger charge is 2.21. The molecule has 0 aromatic heterocycles. The van der Waals surface area contributed by atoms with Gasteiger partial charge >= 0.3 is 0 Å². The highest BCUT2D eigenvalue weighted by molar-refractivity contribution is 8.26. The van der Waals surface area contributed by atoms with Gasteiger partial charge in [-0.2, -0.15) is 0 Å². The molecule has 1 aromatic rings. The highest BCUT2D eigenvalue weighted by atomic mass is 32.2. The first-order valence-electron chi connectivity index (χ1n) is 4.47. The second-order valence-electron chi connectivity index (χ2n) is 3.21. The van der Waals surface area contributed by atoms with Crippen LogP contribution in [0.2, 0.25) is 0 Å². The SMILES string of the molecule is Cc1ccccc1/C=C1\SC(=S)NC1=O. The van der Waals surface area contributed by atoms with E-state index in [0.29, 0.717) is 9.23 Å². The molecule has 1 N–H and O–H groups in total. The molecule has 0 saturated carbocycles. The van der Waals surface area contributed by atoms with Crippen LogP contribution >= 0.6 is 24.0 Å². The quantitative estimate of drug-likeness (QED) is 0.599. The maximum atomic E-state index is 11.4. The van der Waals surface area contributed by atoms with Crippen LogP contribution in [0.5, 0.6) is 0 Å². The van der Waals surface area contributed by atoms with E-state index in [1.807, 2.05) is 37.3 Å². The highest BCUT2D eigenvalue weighted by Crippen LogP contribution is 2.26. The van der Waals surface area contributed by atoms with Crippen LogP contribution in [0.4, 0.5) is 0 Å². The summed E-state index contributed by atoms with van der Waals surface area (Å²) in [5, 5.41) is 2.59. The van der Waals surface area contributed by atoms with Crippen molar-refractivity contribution >= 4 is 40.3 Å². The minimum absolute atomic E-state index is 0.103. The topological polar surface area (TPSA) is 29.1 Å². The third-order valence-electron chi connectivity index (χ3n) is 2.12. The minimum Gasteiger partial charge on any atom is -0.307 e. The van der Waals surface area contributed by atoms with Gasteiger partial charge in [0.1, 0.15) is 4.32 Å². The van der Waals surface area contributed by atoms with Crippen molar-refractivity contribution in [2.45, 2.75) is 6.92 Å². The van der Waals surface area contributed by atoms with Gasteiger partial charge in [-0.15, -0.1) is 0 Å². The monoisotopic (exact) mass is 235 g/mol. The molecule has 2 rings (SSSR count). The molecule has 4 heteroatoms. The molecular formula is C11H9NOS2. The second kappa shape index (κ2) is 4.16. The second-order valence-corrected chi connectivity index (χ2v) is 4.93. The van der Waals surface area contributed by atoms with Crippen molar-refractivity contribution in [3.8, 4) is 0 Å². The number of carbonyl (C=O) groups excluding carboxylic acids is 1. The van der Waals surface area contributed by atoms with Crippen LogP contribution in [0.1, 0.15) is 11.1 Å². The summed E-state index contributed by atoms with van der Waals surface area (Å²) in [6.45, 7) is 2.02. The molecule has 1 fully saturated rings. The molecule has 0 atom stereocenters. The number of thiocarbonyl (C=S) groups is 1. The smallest absolute Gasteiger partial charge is 0.263 e. The van der Waals surface area contributed by atoms with Crippen molar-refractivity contribution in [3.63, 3.8) is 0 Å². The number of hydrogen-bond donors (Lipinski definition) is 1. The van der Waals surface area contributed by atoms with Gasteiger partial charge in [-0.3, -0.25) is 4.79 Å². The Morgan fingerprint density at radius 1 is 1.40 bits per heavy atom. The lowest BCUT2D eigenvalue weighted by Crippen LogP contribution is -2.17. The lowest BCUT2D eigenvalue weighted by atomic mass is 10.1. The number of rotatable bonds is 1. The first-order valence-corrected chi connectivity index (χ1v) is 5.70. The molecule has 0 bridgehead atoms. The van der Waals surface area contributed by atoms with Gasteiger partial charge in [0.25, 0.3) is 5.91 Å². The Bertz CT molecular complexity index is 465. The Hall–Kier alpha value is -1.13. The van der Waals surface area contributed by atoms with Crippen LogP contribution in [0.3, 0.4) is 0 Å². The fraction of sp³-hybridized carbons (Fsp3) is 0.0909. The normalized spacial score (nSPS) is 18.3. The maximum Gasteiger partial charge on any atom is 0.263 e. The summed E-state index contributed by atoms with van der Waals surface area (Å²) >= 11 is 6.22. The van der Waals surface area contributed by atoms with Crippen LogP contribution < -0.4 is 5.32 Å². The van der Waals surface area contributed by atoms with E-state index in [4.69, 9.17) is 12.2 Å². The molecule has 1 aliphatic heterocycles. The van der Waals surface area contributed by atoms with Gasteiger partial charge in [-0.1, -0.05) is 48.2 Å². The van der Waals surface area contributed by atoms with Crippen LogP contribution in [-0.2, 0) is 4.79 Å². The summed E-state index contributed by atoms with van der Waals surface area (Å²) in [5.74, 6) is -0.103. The number of benzene rings is 1. The summed E-state index contributed by atoms with van der Waals surface area (Å²) in [4.78, 5) is 12.1. The van der Waals surface area contributed by atoms with E-state index in [2.05, 4.69) is 5.32 Å². The van der Waals surface area contributed by atoms with Gasteiger partial charge in [0.05, 0.1) is 4.91 Å². The fourth-order valence-electron chi connectivity index (χ4n) is 1.31. The first-order chi connectivity index (χ1) is 7.16. The number of aryl methyl sites for hydroxylation is 1. The lowest BCUT2D eigenvalue weighted by Gasteiger charge is -1.99. The van der Waals surface area contributed by atoms with E-state index in [0.717, 1.165) is 11.1 Å². The number of hydrogen-bond acceptors (Lipinski definition) is 3. The molecular weight excluding hydrogens is 226 g/mol. The average Bonchev–Trinajstić information content (AvgIpc) is 2.49. The molecule has 1 amide bonds. The molecule has 1 heterocycles. The lowest BCUT2D eigenvalue weighted by molar-refractivity contribution is -0.115. The number of amides is 1. The average molecular weight is 235 g/mol. The van der Waals surface area contributed by atoms with Crippen molar-refractivity contribution in [2.24, 2.45) is 0 Å². The largest absolute Gasteiger partial charge is 0.307 e. The predicted molar refractivity (Wildman–Crippen MR) is 67.5 cm³/mol. The molecule has 0 aliphatic carbocycles. The van der Waals surface area contributed by atoms with Crippen molar-refractivity contribution in [1.82, 2.24) is 5.32 Å². The third kappa shape index (κ3) is 2.27. The summed E-state index contributed by atoms with van der Waals surface area (Å²) in [7, 11) is 0. The van der Waals surface area contributed by atoms with Gasteiger partial charge in [0, 0.05) is 0 Å². The van der Waals surface area contributed by atoms with Crippen LogP contribution in [0.15, 0.2) is 29.2 Å². The molecule has 1 aliphatic rings. The molecule has 0 unspecified atom stereocenters. The van der Waals surface area contributed by atoms with E-state index in [1.54, 1.807) is 0 Å². The predicted octanol–water partition coefficient (Wildman–Crippen LogP) is 2.48. The van der Waals surface area contributed by atoms with Crippen molar-refractivity contribution in [2.75, 3.05) is 0 Å². The Kier molecular flexibility index (Phi) is 2.88. The van der Waals surface area contributed by atoms with E-state index in [1.165, 1.54) is 11.8 Å². The fourth-order valence-corrected chi connectivity index (χ4v) is 2.35. The molecule has 15 heavy (non-hydrogen) atoms. The van der Waals surface area contributed by atoms with Gasteiger partial charge in [-0.05, 0) is 24.1 Å². The van der Waals surface area contributed by atoms with Gasteiger partial charge < -0.3 is 5.32 Å². The van der Waals surface area contributed by atoms with E-state index >= 15 is 0 Å². The number of carbonyl (C=O) groups is 1. The Morgan fingerprint density at radius 2 is 2.13 bits per heavy atom. The maximum absolute atomic E-state index is 11.4. The van der Waals surface area contributed by atoms with E-state index in [9.17, 15) is 4.79 Å². The molecule has 76 valence electrons. The minimum atomic E-state index is -0.103. The van der Waals surface area contributed by atoms with Gasteiger partial charge in [0.2, 0.25) is 0 Å². The standard InChI is InChI=1S/C11H9NOS2/c1-7-4-2-3-5-8(7)6-9-10(13)12-11(14)15-9/h2-6H,1H3,(H,12,13,14)/b9-6-. The van der Waals surface area contributed by atoms with Crippen molar-refractivity contribution < 1.29 is 4.79 Å². The molecule has 1 saturated heterocycles. The van der Waals surface area contributed by atoms with Crippen molar-refractivity contribution in [3.05, 3.63) is 40.3 Å². The Balaban J connectivity index is 2.35. The number of thioether (sulfide) groups is 1. The molecule has 0 radical (unpaired) electrons.